The van der Waals surface area contributed by atoms with E-state index in [0.717, 1.165) is 4.70 Å². The van der Waals surface area contributed by atoms with Crippen LogP contribution >= 0.6 is 11.3 Å². The third-order valence-corrected chi connectivity index (χ3v) is 3.71. The highest BCUT2D eigenvalue weighted by atomic mass is 32.1. The van der Waals surface area contributed by atoms with Gasteiger partial charge in [0.1, 0.15) is 11.3 Å². The number of fused-ring (bicyclic) bond motifs is 1. The molecule has 0 atom stereocenters. The first-order valence-electron chi connectivity index (χ1n) is 6.07. The summed E-state index contributed by atoms with van der Waals surface area (Å²) in [5.41, 5.74) is 9.94. The van der Waals surface area contributed by atoms with E-state index in [-0.39, 0.29) is 5.75 Å². The summed E-state index contributed by atoms with van der Waals surface area (Å²) in [5, 5.41) is 3.01. The number of nitrogens with two attached hydrogens (primary N) is 1. The molecule has 0 saturated heterocycles. The maximum Gasteiger partial charge on any atom is 0.387 e. The number of nitrogens with zero attached hydrogens (tertiary/aromatic N) is 1. The number of nitrogen functional groups attached to an aromatic ring is 1. The highest BCUT2D eigenvalue weighted by Gasteiger charge is 2.12. The number of ether oxygens (including phenoxy) is 1. The summed E-state index contributed by atoms with van der Waals surface area (Å²) in [6, 6.07) is 10.1. The van der Waals surface area contributed by atoms with Crippen LogP contribution in [-0.2, 0) is 0 Å². The highest BCUT2D eigenvalue weighted by Crippen LogP contribution is 2.35. The summed E-state index contributed by atoms with van der Waals surface area (Å²) in [6.45, 7) is -2.88. The number of hydrogen-bond donors (Lipinski definition) is 2. The number of rotatable bonds is 4. The summed E-state index contributed by atoms with van der Waals surface area (Å²) in [6.07, 6.45) is 0. The number of hydrogen-bond acceptors (Lipinski definition) is 5. The average molecular weight is 307 g/mol. The van der Waals surface area contributed by atoms with Gasteiger partial charge in [0.25, 0.3) is 0 Å². The van der Waals surface area contributed by atoms with Crippen LogP contribution in [0.3, 0.4) is 0 Å². The first-order chi connectivity index (χ1) is 10.1. The smallest absolute Gasteiger partial charge is 0.387 e. The van der Waals surface area contributed by atoms with Crippen LogP contribution in [0.5, 0.6) is 5.75 Å². The Labute approximate surface area is 123 Å². The summed E-state index contributed by atoms with van der Waals surface area (Å²) < 4.78 is 30.3. The Bertz CT molecular complexity index is 776. The van der Waals surface area contributed by atoms with Crippen LogP contribution in [0.4, 0.5) is 25.8 Å². The maximum absolute atomic E-state index is 12.4. The van der Waals surface area contributed by atoms with Gasteiger partial charge >= 0.3 is 6.61 Å². The Morgan fingerprint density at radius 1 is 1.14 bits per heavy atom. The van der Waals surface area contributed by atoms with E-state index in [1.807, 2.05) is 6.07 Å². The summed E-state index contributed by atoms with van der Waals surface area (Å²) in [4.78, 5) is 4.19. The van der Waals surface area contributed by atoms with E-state index in [1.165, 1.54) is 17.4 Å². The van der Waals surface area contributed by atoms with Gasteiger partial charge in [-0.2, -0.15) is 8.78 Å². The minimum absolute atomic E-state index is 0.0604. The molecule has 0 aliphatic heterocycles. The lowest BCUT2D eigenvalue weighted by atomic mass is 10.2. The molecule has 3 aromatic rings. The summed E-state index contributed by atoms with van der Waals surface area (Å²) >= 11 is 1.49. The molecule has 0 aliphatic rings. The van der Waals surface area contributed by atoms with E-state index < -0.39 is 6.61 Å². The first-order valence-corrected chi connectivity index (χ1v) is 6.95. The van der Waals surface area contributed by atoms with Gasteiger partial charge in [-0.25, -0.2) is 4.98 Å². The van der Waals surface area contributed by atoms with Gasteiger partial charge in [-0.15, -0.1) is 11.3 Å². The fraction of sp³-hybridized carbons (Fsp3) is 0.0714. The largest absolute Gasteiger partial charge is 0.433 e. The molecule has 1 aromatic heterocycles. The molecule has 0 saturated carbocycles. The Balaban J connectivity index is 1.97. The molecule has 2 aromatic carbocycles. The first kappa shape index (κ1) is 13.6. The van der Waals surface area contributed by atoms with E-state index in [1.54, 1.807) is 29.8 Å². The van der Waals surface area contributed by atoms with Crippen LogP contribution < -0.4 is 15.8 Å². The topological polar surface area (TPSA) is 60.2 Å². The van der Waals surface area contributed by atoms with E-state index in [0.29, 0.717) is 22.6 Å². The molecule has 4 nitrogen and oxygen atoms in total. The van der Waals surface area contributed by atoms with Crippen molar-refractivity contribution in [2.75, 3.05) is 11.1 Å². The zero-order chi connectivity index (χ0) is 14.8. The molecule has 21 heavy (non-hydrogen) atoms. The highest BCUT2D eigenvalue weighted by molar-refractivity contribution is 7.16. The van der Waals surface area contributed by atoms with Crippen molar-refractivity contribution >= 4 is 38.6 Å². The quantitative estimate of drug-likeness (QED) is 0.708. The average Bonchev–Trinajstić information content (AvgIpc) is 2.92. The Morgan fingerprint density at radius 3 is 2.76 bits per heavy atom. The number of para-hydroxylation sites is 2. The molecule has 1 heterocycles. The number of thiazole rings is 1. The fourth-order valence-corrected chi connectivity index (χ4v) is 2.67. The van der Waals surface area contributed by atoms with Crippen molar-refractivity contribution in [2.24, 2.45) is 0 Å². The van der Waals surface area contributed by atoms with Crippen molar-refractivity contribution < 1.29 is 13.5 Å². The van der Waals surface area contributed by atoms with Crippen molar-refractivity contribution in [3.63, 3.8) is 0 Å². The fourth-order valence-electron chi connectivity index (χ4n) is 1.97. The normalized spacial score (nSPS) is 11.0. The van der Waals surface area contributed by atoms with E-state index in [9.17, 15) is 8.78 Å². The maximum atomic E-state index is 12.4. The lowest BCUT2D eigenvalue weighted by Crippen LogP contribution is -2.05. The van der Waals surface area contributed by atoms with Gasteiger partial charge in [0, 0.05) is 0 Å². The Hall–Kier alpha value is -2.41. The Morgan fingerprint density at radius 2 is 1.95 bits per heavy atom. The van der Waals surface area contributed by atoms with Crippen molar-refractivity contribution in [3.8, 4) is 5.75 Å². The summed E-state index contributed by atoms with van der Waals surface area (Å²) in [5.74, 6) is 0.0604. The third kappa shape index (κ3) is 2.73. The number of nitrogens with one attached hydrogen (secondary N) is 1. The molecule has 0 spiro atoms. The van der Waals surface area contributed by atoms with Crippen LogP contribution in [0.25, 0.3) is 10.2 Å². The van der Waals surface area contributed by atoms with Gasteiger partial charge in [0.05, 0.1) is 27.3 Å². The number of anilines is 3. The number of halogens is 2. The molecular weight excluding hydrogens is 296 g/mol. The predicted molar refractivity (Wildman–Crippen MR) is 80.4 cm³/mol. The van der Waals surface area contributed by atoms with Crippen LogP contribution in [0.2, 0.25) is 0 Å². The van der Waals surface area contributed by atoms with Crippen molar-refractivity contribution in [1.82, 2.24) is 4.98 Å². The molecule has 7 heteroatoms. The Kier molecular flexibility index (Phi) is 3.57. The SMILES string of the molecule is Nc1c(Nc2ccccc2OC(F)F)ccc2scnc12. The number of benzene rings is 2. The van der Waals surface area contributed by atoms with Gasteiger partial charge < -0.3 is 15.8 Å². The van der Waals surface area contributed by atoms with E-state index >= 15 is 0 Å². The van der Waals surface area contributed by atoms with Crippen LogP contribution in [0.15, 0.2) is 41.9 Å². The lowest BCUT2D eigenvalue weighted by molar-refractivity contribution is -0.0493. The van der Waals surface area contributed by atoms with Crippen LogP contribution in [-0.4, -0.2) is 11.6 Å². The second-order valence-electron chi connectivity index (χ2n) is 4.23. The minimum Gasteiger partial charge on any atom is -0.433 e. The molecule has 0 aliphatic carbocycles. The molecule has 0 bridgehead atoms. The molecule has 0 unspecified atom stereocenters. The second kappa shape index (κ2) is 5.53. The standard InChI is InChI=1S/C14H11F2N3OS/c15-14(16)20-10-4-2-1-3-8(10)19-9-5-6-11-13(12(9)17)18-7-21-11/h1-7,14,19H,17H2. The molecule has 0 amide bonds. The monoisotopic (exact) mass is 307 g/mol. The zero-order valence-corrected chi connectivity index (χ0v) is 11.5. The van der Waals surface area contributed by atoms with Crippen molar-refractivity contribution in [1.29, 1.82) is 0 Å². The van der Waals surface area contributed by atoms with E-state index in [4.69, 9.17) is 5.73 Å². The van der Waals surface area contributed by atoms with Crippen molar-refractivity contribution in [3.05, 3.63) is 41.9 Å². The van der Waals surface area contributed by atoms with Gasteiger partial charge in [0.15, 0.2) is 0 Å². The third-order valence-electron chi connectivity index (χ3n) is 2.91. The minimum atomic E-state index is -2.88. The van der Waals surface area contributed by atoms with Gasteiger partial charge in [-0.1, -0.05) is 12.1 Å². The van der Waals surface area contributed by atoms with Crippen LogP contribution in [0.1, 0.15) is 0 Å². The number of alkyl halides is 2. The zero-order valence-electron chi connectivity index (χ0n) is 10.7. The molecule has 3 rings (SSSR count). The summed E-state index contributed by atoms with van der Waals surface area (Å²) in [7, 11) is 0. The van der Waals surface area contributed by atoms with Crippen LogP contribution in [0, 0.1) is 0 Å². The molecule has 108 valence electrons. The molecule has 0 radical (unpaired) electrons. The second-order valence-corrected chi connectivity index (χ2v) is 5.11. The van der Waals surface area contributed by atoms with E-state index in [2.05, 4.69) is 15.0 Å². The molecule has 3 N–H and O–H groups in total. The van der Waals surface area contributed by atoms with Gasteiger partial charge in [-0.3, -0.25) is 0 Å². The molecular formula is C14H11F2N3OS. The lowest BCUT2D eigenvalue weighted by Gasteiger charge is -2.14. The predicted octanol–water partition coefficient (Wildman–Crippen LogP) is 4.22. The van der Waals surface area contributed by atoms with Crippen molar-refractivity contribution in [2.45, 2.75) is 6.61 Å². The van der Waals surface area contributed by atoms with Gasteiger partial charge in [-0.05, 0) is 24.3 Å². The molecule has 0 fully saturated rings. The number of aromatic nitrogens is 1. The van der Waals surface area contributed by atoms with Gasteiger partial charge in [0.2, 0.25) is 0 Å².